The van der Waals surface area contributed by atoms with Crippen molar-refractivity contribution < 1.29 is 0 Å². The van der Waals surface area contributed by atoms with Crippen molar-refractivity contribution in [3.63, 3.8) is 0 Å². The molecule has 2 aromatic heterocycles. The molecule has 9 aromatic rings. The van der Waals surface area contributed by atoms with E-state index in [1.807, 2.05) is 0 Å². The maximum Gasteiger partial charge on any atom is 0.0620 e. The summed E-state index contributed by atoms with van der Waals surface area (Å²) in [5, 5.41) is 10.2. The first-order valence-electron chi connectivity index (χ1n) is 20.4. The summed E-state index contributed by atoms with van der Waals surface area (Å²) in [6.07, 6.45) is 0. The molecular formula is C54H56N2. The van der Waals surface area contributed by atoms with Crippen LogP contribution < -0.4 is 0 Å². The van der Waals surface area contributed by atoms with E-state index in [0.717, 1.165) is 0 Å². The molecule has 0 unspecified atom stereocenters. The van der Waals surface area contributed by atoms with E-state index in [-0.39, 0.29) is 21.7 Å². The van der Waals surface area contributed by atoms with Gasteiger partial charge >= 0.3 is 0 Å². The highest BCUT2D eigenvalue weighted by Gasteiger charge is 2.26. The van der Waals surface area contributed by atoms with Crippen molar-refractivity contribution in [3.05, 3.63) is 144 Å². The second-order valence-corrected chi connectivity index (χ2v) is 20.4. The number of rotatable bonds is 2. The van der Waals surface area contributed by atoms with Crippen molar-refractivity contribution in [1.82, 2.24) is 9.13 Å². The number of aromatic nitrogens is 2. The first-order chi connectivity index (χ1) is 26.3. The Bertz CT molecular complexity index is 2640. The zero-order valence-corrected chi connectivity index (χ0v) is 35.4. The fourth-order valence-corrected chi connectivity index (χ4v) is 8.96. The van der Waals surface area contributed by atoms with Gasteiger partial charge in [-0.3, -0.25) is 0 Å². The molecule has 9 rings (SSSR count). The molecule has 0 aliphatic carbocycles. The minimum absolute atomic E-state index is 0.0366. The summed E-state index contributed by atoms with van der Waals surface area (Å²) >= 11 is 0. The standard InChI is InChI=1S/C54H56N2/c1-51(2,3)33-21-25-45-41(29-33)42-30-34(52(4,5)6)22-26-46(42)55(45)49-37-17-13-15-19-39(37)50(40-20-16-14-18-38(40)49)56-47-27-23-35(53(7,8)9)31-43(47)44-32-36(54(10,11)12)24-28-48(44)56/h13-32H,1-12H3. The van der Waals surface area contributed by atoms with Crippen molar-refractivity contribution in [3.8, 4) is 11.4 Å². The minimum atomic E-state index is 0.0366. The molecule has 0 aliphatic heterocycles. The fourth-order valence-electron chi connectivity index (χ4n) is 8.96. The van der Waals surface area contributed by atoms with E-state index in [1.54, 1.807) is 0 Å². The van der Waals surface area contributed by atoms with Crippen molar-refractivity contribution >= 4 is 65.2 Å². The van der Waals surface area contributed by atoms with E-state index in [9.17, 15) is 0 Å². The lowest BCUT2D eigenvalue weighted by Crippen LogP contribution is -2.10. The summed E-state index contributed by atoms with van der Waals surface area (Å²) in [7, 11) is 0. The van der Waals surface area contributed by atoms with Crippen molar-refractivity contribution in [2.45, 2.75) is 105 Å². The highest BCUT2D eigenvalue weighted by Crippen LogP contribution is 2.46. The molecule has 0 saturated carbocycles. The van der Waals surface area contributed by atoms with Gasteiger partial charge < -0.3 is 9.13 Å². The summed E-state index contributed by atoms with van der Waals surface area (Å²) in [6.45, 7) is 27.8. The van der Waals surface area contributed by atoms with Crippen LogP contribution >= 0.6 is 0 Å². The predicted molar refractivity (Wildman–Crippen MR) is 245 cm³/mol. The minimum Gasteiger partial charge on any atom is -0.308 e. The second-order valence-electron chi connectivity index (χ2n) is 20.4. The molecule has 2 heterocycles. The zero-order valence-electron chi connectivity index (χ0n) is 35.4. The maximum atomic E-state index is 2.56. The monoisotopic (exact) mass is 732 g/mol. The van der Waals surface area contributed by atoms with Gasteiger partial charge in [-0.05, 0) is 92.4 Å². The number of fused-ring (bicyclic) bond motifs is 8. The van der Waals surface area contributed by atoms with Crippen LogP contribution in [0.25, 0.3) is 76.5 Å². The molecule has 0 atom stereocenters. The summed E-state index contributed by atoms with van der Waals surface area (Å²) in [5.41, 5.74) is 13.0. The van der Waals surface area contributed by atoms with Gasteiger partial charge in [-0.15, -0.1) is 0 Å². The molecule has 0 N–H and O–H groups in total. The third-order valence-corrected chi connectivity index (χ3v) is 12.3. The van der Waals surface area contributed by atoms with Gasteiger partial charge in [-0.2, -0.15) is 0 Å². The van der Waals surface area contributed by atoms with Gasteiger partial charge in [-0.25, -0.2) is 0 Å². The molecule has 56 heavy (non-hydrogen) atoms. The van der Waals surface area contributed by atoms with Crippen LogP contribution in [0.1, 0.15) is 105 Å². The van der Waals surface area contributed by atoms with E-state index in [0.29, 0.717) is 0 Å². The average molecular weight is 733 g/mol. The smallest absolute Gasteiger partial charge is 0.0620 e. The Hall–Kier alpha value is -5.34. The molecule has 282 valence electrons. The number of hydrogen-bond donors (Lipinski definition) is 0. The van der Waals surface area contributed by atoms with Crippen LogP contribution in [0.4, 0.5) is 0 Å². The van der Waals surface area contributed by atoms with Crippen LogP contribution in [0.15, 0.2) is 121 Å². The molecular weight excluding hydrogens is 677 g/mol. The summed E-state index contributed by atoms with van der Waals surface area (Å²) in [4.78, 5) is 0. The number of benzene rings is 7. The van der Waals surface area contributed by atoms with Crippen molar-refractivity contribution in [2.75, 3.05) is 0 Å². The average Bonchev–Trinajstić information content (AvgIpc) is 3.63. The second kappa shape index (κ2) is 12.1. The quantitative estimate of drug-likeness (QED) is 0.157. The number of hydrogen-bond acceptors (Lipinski definition) is 0. The fraction of sp³-hybridized carbons (Fsp3) is 0.296. The molecule has 2 heteroatoms. The van der Waals surface area contributed by atoms with Gasteiger partial charge in [-0.1, -0.05) is 156 Å². The third-order valence-electron chi connectivity index (χ3n) is 12.3. The topological polar surface area (TPSA) is 9.86 Å². The van der Waals surface area contributed by atoms with E-state index in [4.69, 9.17) is 0 Å². The van der Waals surface area contributed by atoms with E-state index >= 15 is 0 Å². The van der Waals surface area contributed by atoms with Crippen LogP contribution in [0.2, 0.25) is 0 Å². The van der Waals surface area contributed by atoms with Crippen LogP contribution in [0, 0.1) is 0 Å². The normalized spacial score (nSPS) is 13.4. The molecule has 0 aliphatic rings. The highest BCUT2D eigenvalue weighted by atomic mass is 15.0. The molecule has 2 nitrogen and oxygen atoms in total. The van der Waals surface area contributed by atoms with Crippen LogP contribution in [0.3, 0.4) is 0 Å². The molecule has 7 aromatic carbocycles. The van der Waals surface area contributed by atoms with Crippen LogP contribution in [0.5, 0.6) is 0 Å². The summed E-state index contributed by atoms with van der Waals surface area (Å²) in [5.74, 6) is 0. The zero-order chi connectivity index (χ0) is 39.7. The molecule has 0 saturated heterocycles. The summed E-state index contributed by atoms with van der Waals surface area (Å²) in [6, 6.07) is 46.9. The molecule has 0 fully saturated rings. The van der Waals surface area contributed by atoms with Crippen LogP contribution in [-0.4, -0.2) is 9.13 Å². The Labute approximate surface area is 332 Å². The Morgan fingerprint density at radius 3 is 0.679 bits per heavy atom. The van der Waals surface area contributed by atoms with E-state index in [1.165, 1.54) is 98.8 Å². The molecule has 0 bridgehead atoms. The summed E-state index contributed by atoms with van der Waals surface area (Å²) < 4.78 is 5.13. The molecule has 0 spiro atoms. The van der Waals surface area contributed by atoms with Crippen molar-refractivity contribution in [2.24, 2.45) is 0 Å². The van der Waals surface area contributed by atoms with Gasteiger partial charge in [0.05, 0.1) is 33.4 Å². The van der Waals surface area contributed by atoms with Gasteiger partial charge in [0.2, 0.25) is 0 Å². The SMILES string of the molecule is CC(C)(C)c1ccc2c(c1)c1cc(C(C)(C)C)ccc1n2-c1c2ccccc2c(-n2c3ccc(C(C)(C)C)cc3c3cc(C(C)(C)C)ccc32)c2ccccc12. The maximum absolute atomic E-state index is 2.56. The van der Waals surface area contributed by atoms with Crippen molar-refractivity contribution in [1.29, 1.82) is 0 Å². The Morgan fingerprint density at radius 1 is 0.268 bits per heavy atom. The lowest BCUT2D eigenvalue weighted by atomic mass is 9.85. The lowest BCUT2D eigenvalue weighted by Gasteiger charge is -2.22. The van der Waals surface area contributed by atoms with Gasteiger partial charge in [0, 0.05) is 43.1 Å². The van der Waals surface area contributed by atoms with Gasteiger partial charge in [0.15, 0.2) is 0 Å². The largest absolute Gasteiger partial charge is 0.308 e. The Morgan fingerprint density at radius 2 is 0.482 bits per heavy atom. The first kappa shape index (κ1) is 36.3. The van der Waals surface area contributed by atoms with Gasteiger partial charge in [0.1, 0.15) is 0 Å². The van der Waals surface area contributed by atoms with E-state index in [2.05, 4.69) is 214 Å². The number of nitrogens with zero attached hydrogens (tertiary/aromatic N) is 2. The highest BCUT2D eigenvalue weighted by molar-refractivity contribution is 6.20. The molecule has 0 radical (unpaired) electrons. The lowest BCUT2D eigenvalue weighted by molar-refractivity contribution is 0.590. The molecule has 0 amide bonds. The van der Waals surface area contributed by atoms with Crippen LogP contribution in [-0.2, 0) is 21.7 Å². The third kappa shape index (κ3) is 5.59. The van der Waals surface area contributed by atoms with E-state index < -0.39 is 0 Å². The first-order valence-corrected chi connectivity index (χ1v) is 20.4. The predicted octanol–water partition coefficient (Wildman–Crippen LogP) is 15.4. The Balaban J connectivity index is 1.45. The Kier molecular flexibility index (Phi) is 7.83. The van der Waals surface area contributed by atoms with Gasteiger partial charge in [0.25, 0.3) is 0 Å².